The van der Waals surface area contributed by atoms with Crippen LogP contribution in [0.3, 0.4) is 0 Å². The van der Waals surface area contributed by atoms with E-state index in [1.54, 1.807) is 14.1 Å². The Morgan fingerprint density at radius 1 is 1.13 bits per heavy atom. The number of amides is 1. The maximum atomic E-state index is 11.7. The van der Waals surface area contributed by atoms with E-state index in [9.17, 15) is 4.79 Å². The molecular formula is C24H31IN4O2. The predicted octanol–water partition coefficient (Wildman–Crippen LogP) is 4.17. The number of halogens is 1. The first-order chi connectivity index (χ1) is 14.6. The van der Waals surface area contributed by atoms with Gasteiger partial charge in [-0.05, 0) is 49.4 Å². The molecule has 1 aliphatic carbocycles. The molecule has 0 bridgehead atoms. The van der Waals surface area contributed by atoms with Gasteiger partial charge in [0.2, 0.25) is 0 Å². The molecule has 166 valence electrons. The minimum absolute atomic E-state index is 0. The Kier molecular flexibility index (Phi) is 7.80. The van der Waals surface area contributed by atoms with Crippen molar-refractivity contribution in [2.24, 2.45) is 4.99 Å². The number of para-hydroxylation sites is 1. The van der Waals surface area contributed by atoms with Gasteiger partial charge in [-0.1, -0.05) is 30.3 Å². The van der Waals surface area contributed by atoms with Gasteiger partial charge in [0, 0.05) is 38.2 Å². The van der Waals surface area contributed by atoms with Gasteiger partial charge in [-0.15, -0.1) is 24.0 Å². The summed E-state index contributed by atoms with van der Waals surface area (Å²) in [6.45, 7) is 0.629. The van der Waals surface area contributed by atoms with E-state index in [0.717, 1.165) is 36.5 Å². The summed E-state index contributed by atoms with van der Waals surface area (Å²) >= 11 is 0. The molecule has 2 aliphatic rings. The monoisotopic (exact) mass is 534 g/mol. The number of guanidine groups is 1. The Morgan fingerprint density at radius 3 is 2.52 bits per heavy atom. The van der Waals surface area contributed by atoms with E-state index in [4.69, 9.17) is 4.74 Å². The van der Waals surface area contributed by atoms with Crippen molar-refractivity contribution >= 4 is 35.8 Å². The Morgan fingerprint density at radius 2 is 1.84 bits per heavy atom. The molecule has 6 nitrogen and oxygen atoms in total. The highest BCUT2D eigenvalue weighted by molar-refractivity contribution is 14.0. The highest BCUT2D eigenvalue weighted by Gasteiger charge is 2.43. The van der Waals surface area contributed by atoms with Crippen molar-refractivity contribution in [2.75, 3.05) is 14.1 Å². The number of carbonyl (C=O) groups excluding carboxylic acids is 1. The van der Waals surface area contributed by atoms with E-state index in [2.05, 4.69) is 39.1 Å². The Hall–Kier alpha value is -2.29. The van der Waals surface area contributed by atoms with Crippen molar-refractivity contribution in [1.82, 2.24) is 16.0 Å². The first-order valence-electron chi connectivity index (χ1n) is 10.7. The zero-order valence-electron chi connectivity index (χ0n) is 18.1. The van der Waals surface area contributed by atoms with Crippen LogP contribution in [0, 0.1) is 0 Å². The third kappa shape index (κ3) is 5.31. The zero-order chi connectivity index (χ0) is 21.0. The molecule has 1 spiro atoms. The fraction of sp³-hybridized carbons (Fsp3) is 0.417. The molecule has 7 heteroatoms. The molecule has 1 atom stereocenters. The predicted molar refractivity (Wildman–Crippen MR) is 134 cm³/mol. The summed E-state index contributed by atoms with van der Waals surface area (Å²) in [6, 6.07) is 16.1. The number of carbonyl (C=O) groups is 1. The standard InChI is InChI=1S/C24H30N4O2.HI/c1-25-22(29)18-11-9-17(10-12-18)16-27-23(26-2)28-20-15-24(13-5-6-14-24)30-21-8-4-3-7-19(20)21;/h3-4,7-12,20H,5-6,13-16H2,1-2H3,(H,25,29)(H2,26,27,28);1H. The molecule has 3 N–H and O–H groups in total. The largest absolute Gasteiger partial charge is 0.487 e. The molecule has 0 aromatic heterocycles. The molecule has 2 aromatic rings. The molecule has 1 aliphatic heterocycles. The van der Waals surface area contributed by atoms with Gasteiger partial charge in [0.15, 0.2) is 5.96 Å². The van der Waals surface area contributed by atoms with Gasteiger partial charge in [-0.2, -0.15) is 0 Å². The smallest absolute Gasteiger partial charge is 0.251 e. The van der Waals surface area contributed by atoms with Gasteiger partial charge in [-0.3, -0.25) is 9.79 Å². The van der Waals surface area contributed by atoms with Crippen LogP contribution in [-0.2, 0) is 6.54 Å². The van der Waals surface area contributed by atoms with Crippen molar-refractivity contribution < 1.29 is 9.53 Å². The molecule has 31 heavy (non-hydrogen) atoms. The Balaban J connectivity index is 0.00000272. The van der Waals surface area contributed by atoms with E-state index in [0.29, 0.717) is 12.1 Å². The highest BCUT2D eigenvalue weighted by Crippen LogP contribution is 2.46. The topological polar surface area (TPSA) is 74.8 Å². The average molecular weight is 534 g/mol. The molecular weight excluding hydrogens is 503 g/mol. The summed E-state index contributed by atoms with van der Waals surface area (Å²) in [6.07, 6.45) is 5.64. The summed E-state index contributed by atoms with van der Waals surface area (Å²) in [5, 5.41) is 9.66. The number of nitrogens with zero attached hydrogens (tertiary/aromatic N) is 1. The lowest BCUT2D eigenvalue weighted by molar-refractivity contribution is 0.0396. The summed E-state index contributed by atoms with van der Waals surface area (Å²) in [5.41, 5.74) is 2.88. The molecule has 0 radical (unpaired) electrons. The molecule has 1 unspecified atom stereocenters. The number of aliphatic imine (C=N–C) groups is 1. The molecule has 1 heterocycles. The molecule has 1 saturated carbocycles. The normalized spacial score (nSPS) is 19.0. The zero-order valence-corrected chi connectivity index (χ0v) is 20.4. The third-order valence-electron chi connectivity index (χ3n) is 6.15. The molecule has 2 aromatic carbocycles. The molecule has 0 saturated heterocycles. The Labute approximate surface area is 201 Å². The first-order valence-corrected chi connectivity index (χ1v) is 10.7. The maximum Gasteiger partial charge on any atom is 0.251 e. The Bertz CT molecular complexity index is 923. The van der Waals surface area contributed by atoms with Gasteiger partial charge in [0.1, 0.15) is 11.4 Å². The number of rotatable bonds is 4. The van der Waals surface area contributed by atoms with Crippen LogP contribution in [-0.4, -0.2) is 31.6 Å². The summed E-state index contributed by atoms with van der Waals surface area (Å²) in [7, 11) is 3.43. The second-order valence-corrected chi connectivity index (χ2v) is 8.13. The number of nitrogens with one attached hydrogen (secondary N) is 3. The number of fused-ring (bicyclic) bond motifs is 1. The maximum absolute atomic E-state index is 11.7. The van der Waals surface area contributed by atoms with Crippen molar-refractivity contribution in [3.05, 3.63) is 65.2 Å². The second kappa shape index (κ2) is 10.3. The van der Waals surface area contributed by atoms with Crippen LogP contribution in [0.1, 0.15) is 59.6 Å². The van der Waals surface area contributed by atoms with Crippen LogP contribution in [0.15, 0.2) is 53.5 Å². The first kappa shape index (κ1) is 23.4. The van der Waals surface area contributed by atoms with Crippen molar-refractivity contribution in [3.63, 3.8) is 0 Å². The second-order valence-electron chi connectivity index (χ2n) is 8.13. The van der Waals surface area contributed by atoms with Gasteiger partial charge in [0.25, 0.3) is 5.91 Å². The van der Waals surface area contributed by atoms with Gasteiger partial charge in [0.05, 0.1) is 6.04 Å². The van der Waals surface area contributed by atoms with Crippen molar-refractivity contribution in [3.8, 4) is 5.75 Å². The van der Waals surface area contributed by atoms with Crippen molar-refractivity contribution in [2.45, 2.75) is 50.3 Å². The van der Waals surface area contributed by atoms with Gasteiger partial charge in [-0.25, -0.2) is 0 Å². The van der Waals surface area contributed by atoms with Gasteiger partial charge < -0.3 is 20.7 Å². The third-order valence-corrected chi connectivity index (χ3v) is 6.15. The summed E-state index contributed by atoms with van der Waals surface area (Å²) < 4.78 is 6.46. The summed E-state index contributed by atoms with van der Waals surface area (Å²) in [5.74, 6) is 1.68. The van der Waals surface area contributed by atoms with Crippen LogP contribution < -0.4 is 20.7 Å². The van der Waals surface area contributed by atoms with Crippen LogP contribution >= 0.6 is 24.0 Å². The highest BCUT2D eigenvalue weighted by atomic mass is 127. The lowest BCUT2D eigenvalue weighted by Gasteiger charge is -2.40. The van der Waals surface area contributed by atoms with E-state index in [1.807, 2.05) is 30.3 Å². The summed E-state index contributed by atoms with van der Waals surface area (Å²) in [4.78, 5) is 16.1. The number of ether oxygens (including phenoxy) is 1. The number of benzene rings is 2. The lowest BCUT2D eigenvalue weighted by atomic mass is 9.86. The minimum atomic E-state index is -0.0778. The van der Waals surface area contributed by atoms with Gasteiger partial charge >= 0.3 is 0 Å². The molecule has 1 amide bonds. The van der Waals surface area contributed by atoms with E-state index in [1.165, 1.54) is 18.4 Å². The SMILES string of the molecule is CN=C(NCc1ccc(C(=O)NC)cc1)NC1CC2(CCCC2)Oc2ccccc21.I. The van der Waals surface area contributed by atoms with E-state index >= 15 is 0 Å². The number of hydrogen-bond acceptors (Lipinski definition) is 3. The quantitative estimate of drug-likeness (QED) is 0.313. The minimum Gasteiger partial charge on any atom is -0.487 e. The lowest BCUT2D eigenvalue weighted by Crippen LogP contribution is -2.46. The van der Waals surface area contributed by atoms with E-state index in [-0.39, 0.29) is 41.5 Å². The molecule has 4 rings (SSSR count). The van der Waals surface area contributed by atoms with Crippen molar-refractivity contribution in [1.29, 1.82) is 0 Å². The fourth-order valence-electron chi connectivity index (χ4n) is 4.54. The van der Waals surface area contributed by atoms with Crippen LogP contribution in [0.25, 0.3) is 0 Å². The van der Waals surface area contributed by atoms with E-state index < -0.39 is 0 Å². The van der Waals surface area contributed by atoms with Crippen LogP contribution in [0.5, 0.6) is 5.75 Å². The number of hydrogen-bond donors (Lipinski definition) is 3. The van der Waals surface area contributed by atoms with Crippen LogP contribution in [0.4, 0.5) is 0 Å². The average Bonchev–Trinajstić information content (AvgIpc) is 3.23. The fourth-order valence-corrected chi connectivity index (χ4v) is 4.54. The molecule has 1 fully saturated rings. The van der Waals surface area contributed by atoms with Crippen LogP contribution in [0.2, 0.25) is 0 Å².